The summed E-state index contributed by atoms with van der Waals surface area (Å²) < 4.78 is 29.0. The van der Waals surface area contributed by atoms with Crippen LogP contribution in [-0.4, -0.2) is 17.0 Å². The summed E-state index contributed by atoms with van der Waals surface area (Å²) in [5, 5.41) is 24.2. The molecule has 0 unspecified atom stereocenters. The van der Waals surface area contributed by atoms with Gasteiger partial charge < -0.3 is 10.6 Å². The Hall–Kier alpha value is -4.55. The molecule has 0 radical (unpaired) electrons. The summed E-state index contributed by atoms with van der Waals surface area (Å²) in [6.45, 7) is 5.28. The fourth-order valence-corrected chi connectivity index (χ4v) is 4.53. The van der Waals surface area contributed by atoms with E-state index in [0.717, 1.165) is 16.7 Å². The molecule has 0 aliphatic heterocycles. The Labute approximate surface area is 225 Å². The van der Waals surface area contributed by atoms with E-state index in [1.165, 1.54) is 37.3 Å². The number of hydroxylamine groups is 1. The predicted octanol–water partition coefficient (Wildman–Crippen LogP) is 5.92. The minimum absolute atomic E-state index is 0.0181. The second kappa shape index (κ2) is 11.1. The van der Waals surface area contributed by atoms with Crippen molar-refractivity contribution in [3.05, 3.63) is 99.9 Å². The highest BCUT2D eigenvalue weighted by atomic mass is 19.3. The number of halogens is 2. The van der Waals surface area contributed by atoms with Crippen LogP contribution in [0.25, 0.3) is 11.1 Å². The second-order valence-corrected chi connectivity index (χ2v) is 9.68. The minimum atomic E-state index is -2.99. The summed E-state index contributed by atoms with van der Waals surface area (Å²) in [6.07, 6.45) is 0.903. The van der Waals surface area contributed by atoms with Gasteiger partial charge in [0.15, 0.2) is 0 Å². The monoisotopic (exact) mass is 530 g/mol. The molecule has 0 atom stereocenters. The maximum atomic E-state index is 14.5. The number of rotatable bonds is 8. The van der Waals surface area contributed by atoms with E-state index in [1.807, 2.05) is 32.0 Å². The summed E-state index contributed by atoms with van der Waals surface area (Å²) in [7, 11) is 0. The van der Waals surface area contributed by atoms with Gasteiger partial charge in [-0.05, 0) is 86.2 Å². The normalized spacial score (nSPS) is 13.7. The summed E-state index contributed by atoms with van der Waals surface area (Å²) in [5.74, 6) is -5.15. The molecule has 39 heavy (non-hydrogen) atoms. The van der Waals surface area contributed by atoms with Gasteiger partial charge in [0.1, 0.15) is 5.70 Å². The van der Waals surface area contributed by atoms with Crippen LogP contribution >= 0.6 is 0 Å². The lowest BCUT2D eigenvalue weighted by Gasteiger charge is -2.17. The second-order valence-electron chi connectivity index (χ2n) is 9.68. The molecule has 1 fully saturated rings. The molecule has 1 saturated carbocycles. The largest absolute Gasteiger partial charge is 0.324 e. The summed E-state index contributed by atoms with van der Waals surface area (Å²) in [5.41, 5.74) is 5.31. The first-order valence-corrected chi connectivity index (χ1v) is 12.4. The van der Waals surface area contributed by atoms with E-state index in [2.05, 4.69) is 16.7 Å². The lowest BCUT2D eigenvalue weighted by atomic mass is 9.93. The highest BCUT2D eigenvalue weighted by Gasteiger charge is 2.47. The number of alkyl halides is 2. The van der Waals surface area contributed by atoms with Crippen LogP contribution in [0.1, 0.15) is 52.4 Å². The van der Waals surface area contributed by atoms with Crippen molar-refractivity contribution in [2.75, 3.05) is 5.32 Å². The van der Waals surface area contributed by atoms with Gasteiger partial charge in [-0.1, -0.05) is 30.3 Å². The number of hydrogen-bond acceptors (Lipinski definition) is 5. The van der Waals surface area contributed by atoms with E-state index in [1.54, 1.807) is 17.6 Å². The molecule has 200 valence electrons. The lowest BCUT2D eigenvalue weighted by molar-refractivity contribution is -0.114. The number of allylic oxidation sites excluding steroid dienone is 1. The molecule has 1 aliphatic carbocycles. The van der Waals surface area contributed by atoms with Gasteiger partial charge >= 0.3 is 0 Å². The number of amides is 2. The van der Waals surface area contributed by atoms with E-state index < -0.39 is 23.7 Å². The third-order valence-corrected chi connectivity index (χ3v) is 6.70. The topological polar surface area (TPSA) is 114 Å². The zero-order valence-corrected chi connectivity index (χ0v) is 21.7. The van der Waals surface area contributed by atoms with Crippen LogP contribution in [0, 0.1) is 31.1 Å². The van der Waals surface area contributed by atoms with E-state index in [0.29, 0.717) is 18.4 Å². The van der Waals surface area contributed by atoms with Crippen molar-refractivity contribution in [1.82, 2.24) is 10.8 Å². The minimum Gasteiger partial charge on any atom is -0.324 e. The van der Waals surface area contributed by atoms with Crippen LogP contribution in [0.15, 0.2) is 72.1 Å². The average molecular weight is 531 g/mol. The van der Waals surface area contributed by atoms with Crippen LogP contribution < -0.4 is 16.1 Å². The van der Waals surface area contributed by atoms with Gasteiger partial charge in [-0.25, -0.2) is 8.78 Å². The Balaban J connectivity index is 1.57. The number of benzene rings is 3. The standard InChI is InChI=1S/C30H28F2N4O3/c1-17-6-4-7-18(2)26(17)21-12-20(16-33)13-22(14-21)28(37)34-19(3)27(36-39)29(38)35-25-9-5-8-24(15-25)30(31,32)23-10-11-23/h4-9,12-15,23,36,39H,10-11H2,1-3H3,(H,34,37)(H,35,38)/b27-19-. The maximum Gasteiger partial charge on any atom is 0.276 e. The van der Waals surface area contributed by atoms with Crippen molar-refractivity contribution in [2.45, 2.75) is 39.5 Å². The van der Waals surface area contributed by atoms with Crippen LogP contribution in [-0.2, 0) is 10.7 Å². The van der Waals surface area contributed by atoms with Crippen molar-refractivity contribution in [1.29, 1.82) is 5.26 Å². The fraction of sp³-hybridized carbons (Fsp3) is 0.233. The molecule has 3 aromatic rings. The van der Waals surface area contributed by atoms with E-state index in [4.69, 9.17) is 0 Å². The molecule has 0 saturated heterocycles. The summed E-state index contributed by atoms with van der Waals surface area (Å²) in [6, 6.07) is 18.0. The van der Waals surface area contributed by atoms with Gasteiger partial charge in [0.05, 0.1) is 11.6 Å². The molecule has 1 aliphatic rings. The lowest BCUT2D eigenvalue weighted by Crippen LogP contribution is -2.31. The third kappa shape index (κ3) is 5.97. The number of nitrogens with one attached hydrogen (secondary N) is 3. The number of anilines is 1. The zero-order valence-electron chi connectivity index (χ0n) is 21.7. The van der Waals surface area contributed by atoms with Gasteiger partial charge in [0.2, 0.25) is 0 Å². The van der Waals surface area contributed by atoms with Crippen molar-refractivity contribution in [3.8, 4) is 17.2 Å². The molecule has 2 amide bonds. The number of carbonyl (C=O) groups excluding carboxylic acids is 2. The number of nitrogens with zero attached hydrogens (tertiary/aromatic N) is 1. The first-order valence-electron chi connectivity index (χ1n) is 12.4. The Kier molecular flexibility index (Phi) is 7.79. The fourth-order valence-electron chi connectivity index (χ4n) is 4.53. The van der Waals surface area contributed by atoms with Crippen molar-refractivity contribution in [2.24, 2.45) is 5.92 Å². The zero-order chi connectivity index (χ0) is 28.3. The molecule has 3 aromatic carbocycles. The highest BCUT2D eigenvalue weighted by molar-refractivity contribution is 6.05. The Bertz CT molecular complexity index is 1500. The molecule has 4 N–H and O–H groups in total. The van der Waals surface area contributed by atoms with Crippen LogP contribution in [0.5, 0.6) is 0 Å². The van der Waals surface area contributed by atoms with Gasteiger partial charge in [0.25, 0.3) is 17.7 Å². The molecule has 9 heteroatoms. The first-order chi connectivity index (χ1) is 18.5. The Morgan fingerprint density at radius 3 is 2.31 bits per heavy atom. The summed E-state index contributed by atoms with van der Waals surface area (Å²) in [4.78, 5) is 26.0. The number of aryl methyl sites for hydroxylation is 2. The SMILES string of the molecule is C/C(NC(=O)c1cc(C#N)cc(-c2c(C)cccc2C)c1)=C(/NO)C(=O)Nc1cccc(C(F)(F)C2CC2)c1. The Morgan fingerprint density at radius 2 is 1.69 bits per heavy atom. The van der Waals surface area contributed by atoms with Crippen LogP contribution in [0.3, 0.4) is 0 Å². The number of carbonyl (C=O) groups is 2. The quantitative estimate of drug-likeness (QED) is 0.213. The number of hydrogen-bond donors (Lipinski definition) is 4. The average Bonchev–Trinajstić information content (AvgIpc) is 3.75. The molecular weight excluding hydrogens is 502 g/mol. The molecule has 0 heterocycles. The molecular formula is C30H28F2N4O3. The van der Waals surface area contributed by atoms with Crippen molar-refractivity contribution < 1.29 is 23.6 Å². The van der Waals surface area contributed by atoms with Crippen molar-refractivity contribution >= 4 is 17.5 Å². The molecule has 4 rings (SSSR count). The number of nitriles is 1. The van der Waals surface area contributed by atoms with Gasteiger partial charge in [-0.15, -0.1) is 0 Å². The third-order valence-electron chi connectivity index (χ3n) is 6.70. The van der Waals surface area contributed by atoms with E-state index in [9.17, 15) is 28.8 Å². The van der Waals surface area contributed by atoms with Crippen LogP contribution in [0.4, 0.5) is 14.5 Å². The van der Waals surface area contributed by atoms with E-state index >= 15 is 0 Å². The smallest absolute Gasteiger partial charge is 0.276 e. The predicted molar refractivity (Wildman–Crippen MR) is 143 cm³/mol. The Morgan fingerprint density at radius 1 is 1.03 bits per heavy atom. The van der Waals surface area contributed by atoms with Crippen molar-refractivity contribution in [3.63, 3.8) is 0 Å². The van der Waals surface area contributed by atoms with E-state index in [-0.39, 0.29) is 33.8 Å². The van der Waals surface area contributed by atoms with Gasteiger partial charge in [-0.3, -0.25) is 20.3 Å². The van der Waals surface area contributed by atoms with Gasteiger partial charge in [-0.2, -0.15) is 5.26 Å². The maximum absolute atomic E-state index is 14.5. The first kappa shape index (κ1) is 27.5. The highest BCUT2D eigenvalue weighted by Crippen LogP contribution is 2.49. The molecule has 7 nitrogen and oxygen atoms in total. The molecule has 0 spiro atoms. The van der Waals surface area contributed by atoms with Gasteiger partial charge in [0, 0.05) is 28.4 Å². The summed E-state index contributed by atoms with van der Waals surface area (Å²) >= 11 is 0. The molecule has 0 aromatic heterocycles. The van der Waals surface area contributed by atoms with Crippen LogP contribution in [0.2, 0.25) is 0 Å². The molecule has 0 bridgehead atoms.